The van der Waals surface area contributed by atoms with Crippen molar-refractivity contribution in [3.05, 3.63) is 70.0 Å². The normalized spacial score (nSPS) is 13.3. The Balaban J connectivity index is 1.35. The SMILES string of the molecule is Cc1cc(C)c2c(c1)C(=O)C(=O)N2Cc1cn(CC(=O)c2nc3ccccc3s2)nn1. The molecule has 1 aliphatic heterocycles. The molecule has 0 fully saturated rings. The number of rotatable bonds is 5. The van der Waals surface area contributed by atoms with Gasteiger partial charge in [0, 0.05) is 0 Å². The first-order valence-corrected chi connectivity index (χ1v) is 10.5. The van der Waals surface area contributed by atoms with Crippen molar-refractivity contribution < 1.29 is 14.4 Å². The van der Waals surface area contributed by atoms with Crippen molar-refractivity contribution in [1.29, 1.82) is 0 Å². The van der Waals surface area contributed by atoms with E-state index in [2.05, 4.69) is 15.3 Å². The van der Waals surface area contributed by atoms with Crippen molar-refractivity contribution in [2.75, 3.05) is 4.90 Å². The number of Topliss-reactive ketones (excluding diaryl/α,β-unsaturated/α-hetero) is 2. The van der Waals surface area contributed by atoms with Crippen LogP contribution in [0.15, 0.2) is 42.6 Å². The lowest BCUT2D eigenvalue weighted by molar-refractivity contribution is -0.114. The summed E-state index contributed by atoms with van der Waals surface area (Å²) in [5, 5.41) is 8.52. The molecule has 0 bridgehead atoms. The third-order valence-corrected chi connectivity index (χ3v) is 6.22. The Bertz CT molecular complexity index is 1350. The van der Waals surface area contributed by atoms with Gasteiger partial charge in [0.05, 0.1) is 34.2 Å². The number of aromatic nitrogens is 4. The summed E-state index contributed by atoms with van der Waals surface area (Å²) < 4.78 is 2.38. The first-order valence-electron chi connectivity index (χ1n) is 9.66. The van der Waals surface area contributed by atoms with Crippen LogP contribution in [0.25, 0.3) is 10.2 Å². The Labute approximate surface area is 181 Å². The molecule has 0 radical (unpaired) electrons. The molecule has 1 aliphatic rings. The number of carbonyl (C=O) groups is 3. The molecule has 1 amide bonds. The zero-order valence-corrected chi connectivity index (χ0v) is 17.6. The maximum absolute atomic E-state index is 12.6. The van der Waals surface area contributed by atoms with Crippen LogP contribution in [-0.4, -0.2) is 37.5 Å². The highest BCUT2D eigenvalue weighted by Gasteiger charge is 2.37. The first-order chi connectivity index (χ1) is 14.9. The predicted molar refractivity (Wildman–Crippen MR) is 115 cm³/mol. The lowest BCUT2D eigenvalue weighted by atomic mass is 10.0. The summed E-state index contributed by atoms with van der Waals surface area (Å²) in [7, 11) is 0. The zero-order valence-electron chi connectivity index (χ0n) is 16.8. The van der Waals surface area contributed by atoms with Crippen molar-refractivity contribution in [3.63, 3.8) is 0 Å². The van der Waals surface area contributed by atoms with E-state index in [1.54, 1.807) is 12.3 Å². The monoisotopic (exact) mass is 431 g/mol. The fourth-order valence-corrected chi connectivity index (χ4v) is 4.73. The van der Waals surface area contributed by atoms with Crippen molar-refractivity contribution in [1.82, 2.24) is 20.0 Å². The average molecular weight is 431 g/mol. The van der Waals surface area contributed by atoms with Gasteiger partial charge in [0.25, 0.3) is 11.7 Å². The van der Waals surface area contributed by atoms with Crippen LogP contribution in [0.4, 0.5) is 5.69 Å². The van der Waals surface area contributed by atoms with Crippen LogP contribution in [0.1, 0.15) is 37.0 Å². The number of ketones is 2. The molecule has 0 atom stereocenters. The largest absolute Gasteiger partial charge is 0.299 e. The summed E-state index contributed by atoms with van der Waals surface area (Å²) in [4.78, 5) is 43.4. The Morgan fingerprint density at radius 3 is 2.74 bits per heavy atom. The van der Waals surface area contributed by atoms with Crippen LogP contribution in [0.2, 0.25) is 0 Å². The van der Waals surface area contributed by atoms with E-state index in [9.17, 15) is 14.4 Å². The Kier molecular flexibility index (Phi) is 4.48. The molecule has 8 nitrogen and oxygen atoms in total. The van der Waals surface area contributed by atoms with Gasteiger partial charge in [0.2, 0.25) is 5.78 Å². The third kappa shape index (κ3) is 3.32. The molecule has 3 heterocycles. The molecular formula is C22H17N5O3S. The summed E-state index contributed by atoms with van der Waals surface area (Å²) in [5.74, 6) is -1.26. The number of thiazole rings is 1. The van der Waals surface area contributed by atoms with Gasteiger partial charge in [0.15, 0.2) is 5.01 Å². The molecule has 0 saturated carbocycles. The highest BCUT2D eigenvalue weighted by Crippen LogP contribution is 2.34. The minimum absolute atomic E-state index is 0.00545. The molecule has 31 heavy (non-hydrogen) atoms. The molecule has 0 unspecified atom stereocenters. The van der Waals surface area contributed by atoms with Crippen LogP contribution in [0.3, 0.4) is 0 Å². The molecule has 0 N–H and O–H groups in total. The van der Waals surface area contributed by atoms with Crippen LogP contribution in [0.5, 0.6) is 0 Å². The first kappa shape index (κ1) is 19.3. The molecule has 0 aliphatic carbocycles. The summed E-state index contributed by atoms with van der Waals surface area (Å²) in [6, 6.07) is 11.2. The van der Waals surface area contributed by atoms with Gasteiger partial charge in [-0.05, 0) is 43.2 Å². The third-order valence-electron chi connectivity index (χ3n) is 5.14. The molecular weight excluding hydrogens is 414 g/mol. The number of amides is 1. The quantitative estimate of drug-likeness (QED) is 0.356. The van der Waals surface area contributed by atoms with Crippen molar-refractivity contribution in [3.8, 4) is 0 Å². The second-order valence-corrected chi connectivity index (χ2v) is 8.55. The highest BCUT2D eigenvalue weighted by atomic mass is 32.1. The van der Waals surface area contributed by atoms with Gasteiger partial charge in [-0.25, -0.2) is 9.67 Å². The van der Waals surface area contributed by atoms with Crippen molar-refractivity contribution >= 4 is 44.7 Å². The second-order valence-electron chi connectivity index (χ2n) is 7.52. The summed E-state index contributed by atoms with van der Waals surface area (Å²) in [5.41, 5.74) is 4.09. The minimum atomic E-state index is -0.580. The lowest BCUT2D eigenvalue weighted by Gasteiger charge is -2.17. The number of carbonyl (C=O) groups excluding carboxylic acids is 3. The van der Waals surface area contributed by atoms with Crippen LogP contribution >= 0.6 is 11.3 Å². The molecule has 5 rings (SSSR count). The smallest absolute Gasteiger partial charge is 0.298 e. The summed E-state index contributed by atoms with van der Waals surface area (Å²) in [6.45, 7) is 3.87. The Morgan fingerprint density at radius 1 is 1.13 bits per heavy atom. The van der Waals surface area contributed by atoms with E-state index >= 15 is 0 Å². The lowest BCUT2D eigenvalue weighted by Crippen LogP contribution is -2.29. The van der Waals surface area contributed by atoms with Crippen molar-refractivity contribution in [2.45, 2.75) is 26.9 Å². The number of hydrogen-bond acceptors (Lipinski definition) is 7. The van der Waals surface area contributed by atoms with Gasteiger partial charge in [-0.15, -0.1) is 16.4 Å². The van der Waals surface area contributed by atoms with Gasteiger partial charge < -0.3 is 0 Å². The van der Waals surface area contributed by atoms with E-state index in [1.165, 1.54) is 20.9 Å². The van der Waals surface area contributed by atoms with E-state index in [4.69, 9.17) is 0 Å². The predicted octanol–water partition coefficient (Wildman–Crippen LogP) is 3.12. The van der Waals surface area contributed by atoms with Gasteiger partial charge in [-0.1, -0.05) is 23.4 Å². The fourth-order valence-electron chi connectivity index (χ4n) is 3.84. The summed E-state index contributed by atoms with van der Waals surface area (Å²) >= 11 is 1.34. The number of hydrogen-bond donors (Lipinski definition) is 0. The number of benzene rings is 2. The minimum Gasteiger partial charge on any atom is -0.298 e. The number of aryl methyl sites for hydroxylation is 2. The number of para-hydroxylation sites is 1. The van der Waals surface area contributed by atoms with Crippen LogP contribution in [0, 0.1) is 13.8 Å². The van der Waals surface area contributed by atoms with Crippen molar-refractivity contribution in [2.24, 2.45) is 0 Å². The van der Waals surface area contributed by atoms with E-state index < -0.39 is 11.7 Å². The second kappa shape index (κ2) is 7.21. The Hall–Kier alpha value is -3.72. The maximum atomic E-state index is 12.6. The molecule has 154 valence electrons. The number of nitrogens with zero attached hydrogens (tertiary/aromatic N) is 5. The molecule has 0 saturated heterocycles. The molecule has 9 heteroatoms. The zero-order chi connectivity index (χ0) is 21.7. The maximum Gasteiger partial charge on any atom is 0.299 e. The molecule has 4 aromatic rings. The van der Waals surface area contributed by atoms with E-state index in [-0.39, 0.29) is 18.9 Å². The Morgan fingerprint density at radius 2 is 1.94 bits per heavy atom. The molecule has 2 aromatic carbocycles. The highest BCUT2D eigenvalue weighted by molar-refractivity contribution is 7.20. The average Bonchev–Trinajstić information content (AvgIpc) is 3.42. The topological polar surface area (TPSA) is 98.1 Å². The van der Waals surface area contributed by atoms with Gasteiger partial charge in [-0.2, -0.15) is 0 Å². The van der Waals surface area contributed by atoms with Gasteiger partial charge >= 0.3 is 0 Å². The standard InChI is InChI=1S/C22H17N5O3S/c1-12-7-13(2)19-15(8-12)20(29)22(30)27(19)10-14-9-26(25-24-14)11-17(28)21-23-16-5-3-4-6-18(16)31-21/h3-9H,10-11H2,1-2H3. The number of fused-ring (bicyclic) bond motifs is 2. The van der Waals surface area contributed by atoms with Gasteiger partial charge in [0.1, 0.15) is 12.2 Å². The van der Waals surface area contributed by atoms with E-state index in [0.29, 0.717) is 22.0 Å². The molecule has 0 spiro atoms. The van der Waals surface area contributed by atoms with E-state index in [0.717, 1.165) is 21.3 Å². The van der Waals surface area contributed by atoms with E-state index in [1.807, 2.05) is 44.2 Å². The fraction of sp³-hybridized carbons (Fsp3) is 0.182. The molecule has 2 aromatic heterocycles. The van der Waals surface area contributed by atoms with Gasteiger partial charge in [-0.3, -0.25) is 19.3 Å². The van der Waals surface area contributed by atoms with Crippen LogP contribution in [-0.2, 0) is 17.9 Å². The summed E-state index contributed by atoms with van der Waals surface area (Å²) in [6.07, 6.45) is 1.62. The van der Waals surface area contributed by atoms with Crippen LogP contribution < -0.4 is 4.90 Å². The number of anilines is 1.